The van der Waals surface area contributed by atoms with Crippen LogP contribution in [-0.2, 0) is 22.3 Å². The molecule has 0 radical (unpaired) electrons. The molecule has 2 amide bonds. The smallest absolute Gasteiger partial charge is 0.335 e. The Bertz CT molecular complexity index is 905. The van der Waals surface area contributed by atoms with E-state index in [0.717, 1.165) is 16.1 Å². The molecule has 5 nitrogen and oxygen atoms in total. The number of alkyl halides is 3. The van der Waals surface area contributed by atoms with Crippen molar-refractivity contribution < 1.29 is 22.8 Å². The highest BCUT2D eigenvalue weighted by Crippen LogP contribution is 2.34. The van der Waals surface area contributed by atoms with Gasteiger partial charge in [0.15, 0.2) is 0 Å². The monoisotopic (exact) mass is 485 g/mol. The topological polar surface area (TPSA) is 52.7 Å². The van der Waals surface area contributed by atoms with E-state index in [4.69, 9.17) is 0 Å². The van der Waals surface area contributed by atoms with Crippen molar-refractivity contribution in [2.45, 2.75) is 25.7 Å². The molecule has 2 rings (SSSR count). The van der Waals surface area contributed by atoms with E-state index in [2.05, 4.69) is 21.2 Å². The zero-order valence-electron chi connectivity index (χ0n) is 16.8. The van der Waals surface area contributed by atoms with Gasteiger partial charge in [-0.25, -0.2) is 0 Å². The summed E-state index contributed by atoms with van der Waals surface area (Å²) < 4.78 is 40.1. The van der Waals surface area contributed by atoms with Gasteiger partial charge in [0.2, 0.25) is 11.8 Å². The van der Waals surface area contributed by atoms with Crippen LogP contribution in [0.15, 0.2) is 53.0 Å². The van der Waals surface area contributed by atoms with E-state index in [0.29, 0.717) is 6.54 Å². The number of rotatable bonds is 7. The average Bonchev–Trinajstić information content (AvgIpc) is 2.68. The van der Waals surface area contributed by atoms with Crippen LogP contribution in [0, 0.1) is 0 Å². The predicted molar refractivity (Wildman–Crippen MR) is 113 cm³/mol. The fourth-order valence-corrected chi connectivity index (χ4v) is 3.27. The zero-order chi connectivity index (χ0) is 22.5. The second-order valence-electron chi connectivity index (χ2n) is 6.97. The summed E-state index contributed by atoms with van der Waals surface area (Å²) in [5.41, 5.74) is -0.271. The highest BCUT2D eigenvalue weighted by Gasteiger charge is 2.33. The van der Waals surface area contributed by atoms with Crippen molar-refractivity contribution in [2.75, 3.05) is 26.0 Å². The Hall–Kier alpha value is -2.39. The molecule has 2 aromatic rings. The van der Waals surface area contributed by atoms with Crippen LogP contribution in [0.1, 0.15) is 18.1 Å². The Morgan fingerprint density at radius 3 is 2.30 bits per heavy atom. The Morgan fingerprint density at radius 1 is 1.07 bits per heavy atom. The molecule has 0 aliphatic rings. The van der Waals surface area contributed by atoms with E-state index in [-0.39, 0.29) is 18.1 Å². The summed E-state index contributed by atoms with van der Waals surface area (Å²) in [6, 6.07) is 11.8. The Morgan fingerprint density at radius 2 is 1.67 bits per heavy atom. The summed E-state index contributed by atoms with van der Waals surface area (Å²) in [5.74, 6) is -1.02. The number of likely N-dealkylation sites (N-methyl/N-ethyl adjacent to an activating group) is 2. The maximum Gasteiger partial charge on any atom is 0.418 e. The van der Waals surface area contributed by atoms with Crippen molar-refractivity contribution in [2.24, 2.45) is 0 Å². The Balaban J connectivity index is 1.98. The highest BCUT2D eigenvalue weighted by molar-refractivity contribution is 9.10. The first kappa shape index (κ1) is 23.9. The van der Waals surface area contributed by atoms with E-state index in [1.165, 1.54) is 30.1 Å². The normalized spacial score (nSPS) is 12.5. The maximum atomic E-state index is 13.1. The number of anilines is 1. The molecule has 162 valence electrons. The van der Waals surface area contributed by atoms with Gasteiger partial charge in [0.25, 0.3) is 0 Å². The number of benzene rings is 2. The molecule has 1 N–H and O–H groups in total. The highest BCUT2D eigenvalue weighted by atomic mass is 79.9. The van der Waals surface area contributed by atoms with Gasteiger partial charge in [-0.2, -0.15) is 13.2 Å². The van der Waals surface area contributed by atoms with Crippen LogP contribution in [0.25, 0.3) is 0 Å². The number of nitrogens with zero attached hydrogens (tertiary/aromatic N) is 2. The molecular formula is C21H23BrF3N3O2. The molecule has 0 aromatic heterocycles. The molecule has 0 fully saturated rings. The van der Waals surface area contributed by atoms with E-state index in [1.54, 1.807) is 14.0 Å². The van der Waals surface area contributed by atoms with E-state index < -0.39 is 23.7 Å². The van der Waals surface area contributed by atoms with Gasteiger partial charge < -0.3 is 10.2 Å². The molecule has 1 atom stereocenters. The largest absolute Gasteiger partial charge is 0.418 e. The van der Waals surface area contributed by atoms with Gasteiger partial charge in [-0.05, 0) is 37.7 Å². The first-order valence-corrected chi connectivity index (χ1v) is 9.94. The SMILES string of the molecule is C[C@H](C(=O)N(C)CC(=O)Nc1ccccc1C(F)(F)F)N(C)Cc1ccccc1Br. The fourth-order valence-electron chi connectivity index (χ4n) is 2.86. The van der Waals surface area contributed by atoms with Gasteiger partial charge in [-0.3, -0.25) is 14.5 Å². The predicted octanol–water partition coefficient (Wildman–Crippen LogP) is 4.39. The second-order valence-corrected chi connectivity index (χ2v) is 7.82. The summed E-state index contributed by atoms with van der Waals surface area (Å²) in [6.07, 6.45) is -4.59. The zero-order valence-corrected chi connectivity index (χ0v) is 18.4. The van der Waals surface area contributed by atoms with Crippen molar-refractivity contribution in [3.05, 3.63) is 64.1 Å². The number of nitrogens with one attached hydrogen (secondary N) is 1. The number of amides is 2. The van der Waals surface area contributed by atoms with Gasteiger partial charge in [0.05, 0.1) is 23.8 Å². The van der Waals surface area contributed by atoms with Crippen molar-refractivity contribution in [3.8, 4) is 0 Å². The minimum absolute atomic E-state index is 0.316. The van der Waals surface area contributed by atoms with E-state index in [1.807, 2.05) is 29.2 Å². The first-order chi connectivity index (χ1) is 14.0. The quantitative estimate of drug-likeness (QED) is 0.632. The summed E-state index contributed by atoms with van der Waals surface area (Å²) >= 11 is 3.47. The third-order valence-corrected chi connectivity index (χ3v) is 5.43. The summed E-state index contributed by atoms with van der Waals surface area (Å²) in [6.45, 7) is 1.86. The first-order valence-electron chi connectivity index (χ1n) is 9.15. The molecule has 0 spiro atoms. The fraction of sp³-hybridized carbons (Fsp3) is 0.333. The minimum Gasteiger partial charge on any atom is -0.335 e. The number of halogens is 4. The minimum atomic E-state index is -4.59. The number of hydrogen-bond acceptors (Lipinski definition) is 3. The lowest BCUT2D eigenvalue weighted by Crippen LogP contribution is -2.46. The maximum absolute atomic E-state index is 13.1. The molecular weight excluding hydrogens is 463 g/mol. The molecule has 0 aliphatic heterocycles. The van der Waals surface area contributed by atoms with Crippen LogP contribution in [0.2, 0.25) is 0 Å². The van der Waals surface area contributed by atoms with Gasteiger partial charge in [-0.1, -0.05) is 46.3 Å². The molecule has 0 heterocycles. The van der Waals surface area contributed by atoms with Crippen LogP contribution in [0.5, 0.6) is 0 Å². The number of carbonyl (C=O) groups is 2. The van der Waals surface area contributed by atoms with Crippen LogP contribution < -0.4 is 5.32 Å². The number of hydrogen-bond donors (Lipinski definition) is 1. The van der Waals surface area contributed by atoms with Crippen molar-refractivity contribution in [3.63, 3.8) is 0 Å². The lowest BCUT2D eigenvalue weighted by atomic mass is 10.1. The molecule has 0 saturated heterocycles. The Kier molecular flexibility index (Phi) is 8.03. The van der Waals surface area contributed by atoms with Crippen LogP contribution >= 0.6 is 15.9 Å². The standard InChI is InChI=1S/C21H23BrF3N3O2/c1-14(27(2)12-15-8-4-6-10-17(15)22)20(30)28(3)13-19(29)26-18-11-7-5-9-16(18)21(23,24)25/h4-11,14H,12-13H2,1-3H3,(H,26,29)/t14-/m1/s1. The van der Waals surface area contributed by atoms with Gasteiger partial charge >= 0.3 is 6.18 Å². The summed E-state index contributed by atoms with van der Waals surface area (Å²) in [5, 5.41) is 2.25. The lowest BCUT2D eigenvalue weighted by Gasteiger charge is -2.28. The van der Waals surface area contributed by atoms with Crippen molar-refractivity contribution >= 4 is 33.4 Å². The molecule has 0 bridgehead atoms. The summed E-state index contributed by atoms with van der Waals surface area (Å²) in [4.78, 5) is 28.0. The number of carbonyl (C=O) groups excluding carboxylic acids is 2. The van der Waals surface area contributed by atoms with Gasteiger partial charge in [-0.15, -0.1) is 0 Å². The van der Waals surface area contributed by atoms with Crippen molar-refractivity contribution in [1.82, 2.24) is 9.80 Å². The van der Waals surface area contributed by atoms with E-state index >= 15 is 0 Å². The molecule has 0 unspecified atom stereocenters. The van der Waals surface area contributed by atoms with E-state index in [9.17, 15) is 22.8 Å². The summed E-state index contributed by atoms with van der Waals surface area (Å²) in [7, 11) is 3.23. The Labute approximate surface area is 182 Å². The number of para-hydroxylation sites is 1. The van der Waals surface area contributed by atoms with Gasteiger partial charge in [0.1, 0.15) is 0 Å². The van der Waals surface area contributed by atoms with Crippen molar-refractivity contribution in [1.29, 1.82) is 0 Å². The van der Waals surface area contributed by atoms with Crippen LogP contribution in [0.3, 0.4) is 0 Å². The molecule has 0 aliphatic carbocycles. The molecule has 30 heavy (non-hydrogen) atoms. The van der Waals surface area contributed by atoms with Gasteiger partial charge in [0, 0.05) is 18.1 Å². The second kappa shape index (κ2) is 10.1. The van der Waals surface area contributed by atoms with Crippen LogP contribution in [0.4, 0.5) is 18.9 Å². The van der Waals surface area contributed by atoms with Crippen LogP contribution in [-0.4, -0.2) is 48.3 Å². The molecule has 2 aromatic carbocycles. The average molecular weight is 486 g/mol. The molecule has 0 saturated carbocycles. The molecule has 9 heteroatoms. The third kappa shape index (κ3) is 6.30. The lowest BCUT2D eigenvalue weighted by molar-refractivity contribution is -0.138. The third-order valence-electron chi connectivity index (χ3n) is 4.66.